The summed E-state index contributed by atoms with van der Waals surface area (Å²) in [5.74, 6) is -1.75. The van der Waals surface area contributed by atoms with Crippen LogP contribution in [0.1, 0.15) is 27.3 Å². The first-order valence-corrected chi connectivity index (χ1v) is 5.48. The molecule has 0 fully saturated rings. The molecule has 5 heteroatoms. The van der Waals surface area contributed by atoms with Gasteiger partial charge in [-0.2, -0.15) is 5.10 Å². The van der Waals surface area contributed by atoms with E-state index in [0.717, 1.165) is 23.0 Å². The molecule has 0 radical (unpaired) electrons. The normalized spacial score (nSPS) is 10.7. The number of aromatic carboxylic acids is 1. The summed E-state index contributed by atoms with van der Waals surface area (Å²) in [7, 11) is 0. The van der Waals surface area contributed by atoms with E-state index in [9.17, 15) is 9.18 Å². The molecule has 2 aromatic rings. The maximum absolute atomic E-state index is 13.1. The third-order valence-electron chi connectivity index (χ3n) is 3.07. The van der Waals surface area contributed by atoms with Gasteiger partial charge in [-0.15, -0.1) is 0 Å². The van der Waals surface area contributed by atoms with Crippen molar-refractivity contribution in [2.45, 2.75) is 20.8 Å². The topological polar surface area (TPSA) is 55.1 Å². The van der Waals surface area contributed by atoms with Crippen LogP contribution >= 0.6 is 0 Å². The Labute approximate surface area is 104 Å². The lowest BCUT2D eigenvalue weighted by atomic mass is 10.1. The maximum atomic E-state index is 13.1. The van der Waals surface area contributed by atoms with E-state index in [-0.39, 0.29) is 5.56 Å². The van der Waals surface area contributed by atoms with Gasteiger partial charge in [0.15, 0.2) is 0 Å². The first kappa shape index (κ1) is 12.3. The van der Waals surface area contributed by atoms with Crippen molar-refractivity contribution in [2.75, 3.05) is 0 Å². The van der Waals surface area contributed by atoms with Crippen LogP contribution < -0.4 is 0 Å². The number of rotatable bonds is 2. The number of hydrogen-bond donors (Lipinski definition) is 1. The Balaban J connectivity index is 2.71. The van der Waals surface area contributed by atoms with Gasteiger partial charge in [-0.1, -0.05) is 0 Å². The quantitative estimate of drug-likeness (QED) is 0.888. The van der Waals surface area contributed by atoms with E-state index < -0.39 is 11.8 Å². The minimum Gasteiger partial charge on any atom is -0.478 e. The molecule has 0 amide bonds. The molecular formula is C13H13FN2O2. The molecule has 18 heavy (non-hydrogen) atoms. The Morgan fingerprint density at radius 3 is 2.50 bits per heavy atom. The second-order valence-electron chi connectivity index (χ2n) is 4.17. The summed E-state index contributed by atoms with van der Waals surface area (Å²) in [5.41, 5.74) is 2.95. The minimum absolute atomic E-state index is 0.0967. The highest BCUT2D eigenvalue weighted by atomic mass is 19.1. The van der Waals surface area contributed by atoms with Crippen molar-refractivity contribution in [3.8, 4) is 5.69 Å². The van der Waals surface area contributed by atoms with Crippen LogP contribution in [0, 0.1) is 26.6 Å². The number of carboxylic acid groups (broad SMARTS) is 1. The van der Waals surface area contributed by atoms with Gasteiger partial charge in [-0.05, 0) is 44.5 Å². The number of aryl methyl sites for hydroxylation is 1. The number of hydrogen-bond acceptors (Lipinski definition) is 2. The van der Waals surface area contributed by atoms with Gasteiger partial charge in [0.1, 0.15) is 5.82 Å². The second-order valence-corrected chi connectivity index (χ2v) is 4.17. The summed E-state index contributed by atoms with van der Waals surface area (Å²) in [6.07, 6.45) is 0. The van der Waals surface area contributed by atoms with Crippen molar-refractivity contribution < 1.29 is 14.3 Å². The van der Waals surface area contributed by atoms with Crippen molar-refractivity contribution in [1.29, 1.82) is 0 Å². The van der Waals surface area contributed by atoms with Crippen LogP contribution in [-0.4, -0.2) is 20.9 Å². The summed E-state index contributed by atoms with van der Waals surface area (Å²) in [6.45, 7) is 5.62. The van der Waals surface area contributed by atoms with Crippen LogP contribution in [0.2, 0.25) is 0 Å². The molecule has 0 saturated carbocycles. The van der Waals surface area contributed by atoms with E-state index in [4.69, 9.17) is 5.11 Å². The predicted octanol–water partition coefficient (Wildman–Crippen LogP) is 2.63. The molecule has 0 unspecified atom stereocenters. The lowest BCUT2D eigenvalue weighted by molar-refractivity contribution is 0.0696. The van der Waals surface area contributed by atoms with Gasteiger partial charge < -0.3 is 5.11 Å². The van der Waals surface area contributed by atoms with E-state index in [1.54, 1.807) is 0 Å². The third-order valence-corrected chi connectivity index (χ3v) is 3.07. The fourth-order valence-electron chi connectivity index (χ4n) is 1.82. The lowest BCUT2D eigenvalue weighted by Crippen LogP contribution is -2.08. The van der Waals surface area contributed by atoms with Gasteiger partial charge >= 0.3 is 5.97 Å². The molecule has 0 aliphatic carbocycles. The molecular weight excluding hydrogens is 235 g/mol. The number of aromatic nitrogens is 2. The Morgan fingerprint density at radius 1 is 1.33 bits per heavy atom. The highest BCUT2D eigenvalue weighted by molar-refractivity contribution is 5.92. The minimum atomic E-state index is -1.17. The van der Waals surface area contributed by atoms with Crippen LogP contribution in [0.25, 0.3) is 5.69 Å². The van der Waals surface area contributed by atoms with E-state index in [1.165, 1.54) is 16.8 Å². The molecule has 0 spiro atoms. The molecule has 1 heterocycles. The largest absolute Gasteiger partial charge is 0.478 e. The van der Waals surface area contributed by atoms with Crippen molar-refractivity contribution >= 4 is 5.97 Å². The summed E-state index contributed by atoms with van der Waals surface area (Å²) in [4.78, 5) is 11.1. The number of carbonyl (C=O) groups is 1. The highest BCUT2D eigenvalue weighted by Crippen LogP contribution is 2.21. The zero-order chi connectivity index (χ0) is 13.4. The van der Waals surface area contributed by atoms with Gasteiger partial charge in [0, 0.05) is 5.69 Å². The summed E-state index contributed by atoms with van der Waals surface area (Å²) >= 11 is 0. The average molecular weight is 248 g/mol. The van der Waals surface area contributed by atoms with E-state index in [2.05, 4.69) is 5.10 Å². The van der Waals surface area contributed by atoms with E-state index in [1.807, 2.05) is 20.8 Å². The van der Waals surface area contributed by atoms with Crippen LogP contribution in [0.5, 0.6) is 0 Å². The van der Waals surface area contributed by atoms with Crippen molar-refractivity contribution in [2.24, 2.45) is 0 Å². The van der Waals surface area contributed by atoms with E-state index >= 15 is 0 Å². The van der Waals surface area contributed by atoms with Crippen LogP contribution in [0.15, 0.2) is 18.2 Å². The van der Waals surface area contributed by atoms with Crippen molar-refractivity contribution in [3.63, 3.8) is 0 Å². The smallest absolute Gasteiger partial charge is 0.338 e. The average Bonchev–Trinajstić information content (AvgIpc) is 2.57. The molecule has 0 saturated heterocycles. The molecule has 1 aromatic heterocycles. The third kappa shape index (κ3) is 1.88. The molecule has 1 aromatic carbocycles. The van der Waals surface area contributed by atoms with Crippen molar-refractivity contribution in [1.82, 2.24) is 9.78 Å². The summed E-state index contributed by atoms with van der Waals surface area (Å²) in [5, 5.41) is 13.4. The van der Waals surface area contributed by atoms with Gasteiger partial charge in [0.2, 0.25) is 0 Å². The molecule has 0 atom stereocenters. The molecule has 94 valence electrons. The van der Waals surface area contributed by atoms with Crippen molar-refractivity contribution in [3.05, 3.63) is 46.5 Å². The number of halogens is 1. The Kier molecular flexibility index (Phi) is 2.90. The standard InChI is InChI=1S/C13H13FN2O2/c1-7-8(2)15-16(9(7)3)12-5-4-10(14)6-11(12)13(17)18/h4-6H,1-3H3,(H,17,18). The molecule has 0 aliphatic rings. The van der Waals surface area contributed by atoms with Gasteiger partial charge in [0.05, 0.1) is 16.9 Å². The lowest BCUT2D eigenvalue weighted by Gasteiger charge is -2.08. The Hall–Kier alpha value is -2.17. The van der Waals surface area contributed by atoms with Gasteiger partial charge in [0.25, 0.3) is 0 Å². The fraction of sp³-hybridized carbons (Fsp3) is 0.231. The first-order chi connectivity index (χ1) is 8.41. The van der Waals surface area contributed by atoms with Gasteiger partial charge in [-0.3, -0.25) is 0 Å². The summed E-state index contributed by atoms with van der Waals surface area (Å²) < 4.78 is 14.7. The Bertz CT molecular complexity index is 632. The molecule has 2 rings (SSSR count). The monoisotopic (exact) mass is 248 g/mol. The molecule has 1 N–H and O–H groups in total. The summed E-state index contributed by atoms with van der Waals surface area (Å²) in [6, 6.07) is 3.66. The SMILES string of the molecule is Cc1nn(-c2ccc(F)cc2C(=O)O)c(C)c1C. The molecule has 4 nitrogen and oxygen atoms in total. The zero-order valence-corrected chi connectivity index (χ0v) is 10.4. The second kappa shape index (κ2) is 4.25. The van der Waals surface area contributed by atoms with Crippen LogP contribution in [0.4, 0.5) is 4.39 Å². The maximum Gasteiger partial charge on any atom is 0.338 e. The number of carboxylic acids is 1. The number of nitrogens with zero attached hydrogens (tertiary/aromatic N) is 2. The highest BCUT2D eigenvalue weighted by Gasteiger charge is 2.16. The van der Waals surface area contributed by atoms with E-state index in [0.29, 0.717) is 5.69 Å². The predicted molar refractivity (Wildman–Crippen MR) is 64.7 cm³/mol. The fourth-order valence-corrected chi connectivity index (χ4v) is 1.82. The zero-order valence-electron chi connectivity index (χ0n) is 10.4. The van der Waals surface area contributed by atoms with Crippen LogP contribution in [-0.2, 0) is 0 Å². The molecule has 0 bridgehead atoms. The first-order valence-electron chi connectivity index (χ1n) is 5.48. The number of benzene rings is 1. The van der Waals surface area contributed by atoms with Crippen LogP contribution in [0.3, 0.4) is 0 Å². The molecule has 0 aliphatic heterocycles. The van der Waals surface area contributed by atoms with Gasteiger partial charge in [-0.25, -0.2) is 13.9 Å². The Morgan fingerprint density at radius 2 is 2.00 bits per heavy atom.